The summed E-state index contributed by atoms with van der Waals surface area (Å²) in [5.74, 6) is 0. The van der Waals surface area contributed by atoms with Crippen LogP contribution in [-0.4, -0.2) is 40.1 Å². The molecule has 0 spiro atoms. The van der Waals surface area contributed by atoms with E-state index in [0.717, 1.165) is 51.7 Å². The van der Waals surface area contributed by atoms with Crippen LogP contribution in [0.4, 0.5) is 21.0 Å². The maximum Gasteiger partial charge on any atom is 0.412 e. The highest BCUT2D eigenvalue weighted by atomic mass is 127. The van der Waals surface area contributed by atoms with Crippen molar-refractivity contribution in [3.05, 3.63) is 71.8 Å². The van der Waals surface area contributed by atoms with E-state index in [1.165, 1.54) is 0 Å². The second kappa shape index (κ2) is 14.0. The van der Waals surface area contributed by atoms with Crippen LogP contribution < -0.4 is 10.6 Å². The number of carbonyl (C=O) groups is 2. The molecule has 2 aromatic carbocycles. The van der Waals surface area contributed by atoms with Crippen LogP contribution >= 0.6 is 22.6 Å². The highest BCUT2D eigenvalue weighted by Crippen LogP contribution is 2.31. The van der Waals surface area contributed by atoms with Crippen molar-refractivity contribution < 1.29 is 19.1 Å². The third-order valence-corrected chi connectivity index (χ3v) is 6.35. The SMILES string of the molecule is CC(C)(C)OC(=O)Nc1ccc(-c2ccc(NC(=O)OC(C)(C)C)cc2/C(=N/CCCI)C2=CCCC=C2)cc1. The zero-order valence-corrected chi connectivity index (χ0v) is 26.4. The highest BCUT2D eigenvalue weighted by Gasteiger charge is 2.20. The molecular formula is C32H40IN3O4. The summed E-state index contributed by atoms with van der Waals surface area (Å²) in [5, 5.41) is 5.66. The zero-order chi connectivity index (χ0) is 29.3. The summed E-state index contributed by atoms with van der Waals surface area (Å²) in [5.41, 5.74) is 4.86. The Morgan fingerprint density at radius 1 is 0.875 bits per heavy atom. The number of alkyl halides is 1. The quantitative estimate of drug-likeness (QED) is 0.128. The van der Waals surface area contributed by atoms with Crippen LogP contribution in [0.25, 0.3) is 11.1 Å². The lowest BCUT2D eigenvalue weighted by Gasteiger charge is -2.21. The molecule has 0 atom stereocenters. The van der Waals surface area contributed by atoms with E-state index in [9.17, 15) is 9.59 Å². The Bertz CT molecular complexity index is 1280. The van der Waals surface area contributed by atoms with Gasteiger partial charge < -0.3 is 9.47 Å². The zero-order valence-electron chi connectivity index (χ0n) is 24.3. The Morgan fingerprint density at radius 2 is 1.48 bits per heavy atom. The molecule has 40 heavy (non-hydrogen) atoms. The Morgan fingerprint density at radius 3 is 2.02 bits per heavy atom. The van der Waals surface area contributed by atoms with Gasteiger partial charge >= 0.3 is 12.2 Å². The number of nitrogens with zero attached hydrogens (tertiary/aromatic N) is 1. The number of rotatable bonds is 8. The first-order valence-electron chi connectivity index (χ1n) is 13.6. The van der Waals surface area contributed by atoms with E-state index < -0.39 is 23.4 Å². The summed E-state index contributed by atoms with van der Waals surface area (Å²) in [6.45, 7) is 11.7. The van der Waals surface area contributed by atoms with E-state index in [4.69, 9.17) is 14.5 Å². The summed E-state index contributed by atoms with van der Waals surface area (Å²) in [7, 11) is 0. The van der Waals surface area contributed by atoms with Gasteiger partial charge in [-0.15, -0.1) is 0 Å². The van der Waals surface area contributed by atoms with Gasteiger partial charge in [-0.2, -0.15) is 0 Å². The monoisotopic (exact) mass is 657 g/mol. The first kappa shape index (κ1) is 31.4. The molecule has 2 amide bonds. The van der Waals surface area contributed by atoms with Gasteiger partial charge in [-0.1, -0.05) is 59.0 Å². The van der Waals surface area contributed by atoms with Crippen molar-refractivity contribution in [2.75, 3.05) is 21.6 Å². The third-order valence-electron chi connectivity index (χ3n) is 5.59. The minimum atomic E-state index is -0.605. The van der Waals surface area contributed by atoms with Crippen molar-refractivity contribution in [3.63, 3.8) is 0 Å². The number of benzene rings is 2. The first-order chi connectivity index (χ1) is 18.8. The first-order valence-corrected chi connectivity index (χ1v) is 15.1. The molecule has 0 heterocycles. The van der Waals surface area contributed by atoms with Crippen molar-refractivity contribution in [1.29, 1.82) is 0 Å². The molecule has 0 fully saturated rings. The number of ether oxygens (including phenoxy) is 2. The summed E-state index contributed by atoms with van der Waals surface area (Å²) < 4.78 is 11.9. The summed E-state index contributed by atoms with van der Waals surface area (Å²) >= 11 is 2.37. The molecule has 1 aliphatic rings. The highest BCUT2D eigenvalue weighted by molar-refractivity contribution is 14.1. The summed E-state index contributed by atoms with van der Waals surface area (Å²) in [6, 6.07) is 13.4. The Balaban J connectivity index is 2.02. The second-order valence-corrected chi connectivity index (χ2v) is 12.6. The minimum absolute atomic E-state index is 0.501. The van der Waals surface area contributed by atoms with Gasteiger partial charge in [0.05, 0.1) is 5.71 Å². The predicted octanol–water partition coefficient (Wildman–Crippen LogP) is 8.94. The number of carbonyl (C=O) groups excluding carboxylic acids is 2. The second-order valence-electron chi connectivity index (χ2n) is 11.5. The third kappa shape index (κ3) is 10.1. The lowest BCUT2D eigenvalue weighted by atomic mass is 9.90. The largest absolute Gasteiger partial charge is 0.444 e. The molecule has 1 aliphatic carbocycles. The Hall–Kier alpha value is -3.14. The van der Waals surface area contributed by atoms with E-state index in [1.807, 2.05) is 84.0 Å². The van der Waals surface area contributed by atoms with Gasteiger partial charge in [0.15, 0.2) is 0 Å². The van der Waals surface area contributed by atoms with Crippen LogP contribution in [0.3, 0.4) is 0 Å². The van der Waals surface area contributed by atoms with Crippen molar-refractivity contribution >= 4 is 51.9 Å². The van der Waals surface area contributed by atoms with Crippen molar-refractivity contribution in [2.45, 2.75) is 72.0 Å². The van der Waals surface area contributed by atoms with Gasteiger partial charge in [-0.05, 0) is 102 Å². The molecule has 0 aromatic heterocycles. The van der Waals surface area contributed by atoms with Crippen LogP contribution in [0.15, 0.2) is 71.3 Å². The van der Waals surface area contributed by atoms with Crippen LogP contribution in [-0.2, 0) is 9.47 Å². The van der Waals surface area contributed by atoms with E-state index in [0.29, 0.717) is 17.9 Å². The van der Waals surface area contributed by atoms with E-state index >= 15 is 0 Å². The van der Waals surface area contributed by atoms with Crippen LogP contribution in [0.2, 0.25) is 0 Å². The average Bonchev–Trinajstić information content (AvgIpc) is 2.85. The fraction of sp³-hybridized carbons (Fsp3) is 0.406. The van der Waals surface area contributed by atoms with Crippen LogP contribution in [0.5, 0.6) is 0 Å². The Labute approximate surface area is 251 Å². The lowest BCUT2D eigenvalue weighted by Crippen LogP contribution is -2.27. The maximum absolute atomic E-state index is 12.6. The number of hydrogen-bond acceptors (Lipinski definition) is 5. The van der Waals surface area contributed by atoms with Crippen molar-refractivity contribution in [1.82, 2.24) is 0 Å². The number of aliphatic imine (C=N–C) groups is 1. The average molecular weight is 658 g/mol. The molecule has 7 nitrogen and oxygen atoms in total. The van der Waals surface area contributed by atoms with E-state index in [2.05, 4.69) is 51.5 Å². The van der Waals surface area contributed by atoms with Gasteiger partial charge in [0.1, 0.15) is 11.2 Å². The number of anilines is 2. The molecule has 3 rings (SSSR count). The molecule has 0 unspecified atom stereocenters. The van der Waals surface area contributed by atoms with Crippen LogP contribution in [0, 0.1) is 0 Å². The number of allylic oxidation sites excluding steroid dienone is 4. The van der Waals surface area contributed by atoms with Gasteiger partial charge in [-0.25, -0.2) is 9.59 Å². The molecule has 214 valence electrons. The summed E-state index contributed by atoms with van der Waals surface area (Å²) in [6.07, 6.45) is 8.42. The topological polar surface area (TPSA) is 89.0 Å². The molecule has 2 aromatic rings. The van der Waals surface area contributed by atoms with Crippen molar-refractivity contribution in [3.8, 4) is 11.1 Å². The molecule has 0 saturated carbocycles. The number of nitrogens with one attached hydrogen (secondary N) is 2. The van der Waals surface area contributed by atoms with Gasteiger partial charge in [0, 0.05) is 27.9 Å². The standard InChI is InChI=1S/C32H40IN3O4/c1-31(2,3)39-29(37)35-24-15-13-22(14-16-24)26-18-17-25(36-30(38)40-32(4,5)6)21-27(26)28(34-20-10-19-33)23-11-8-7-9-12-23/h8,11-18,21H,7,9-10,19-20H2,1-6H3,(H,35,37)(H,36,38)/b34-28+. The fourth-order valence-corrected chi connectivity index (χ4v) is 4.36. The fourth-order valence-electron chi connectivity index (χ4n) is 4.02. The van der Waals surface area contributed by atoms with Gasteiger partial charge in [-0.3, -0.25) is 15.6 Å². The van der Waals surface area contributed by atoms with Gasteiger partial charge in [0.2, 0.25) is 0 Å². The van der Waals surface area contributed by atoms with E-state index in [-0.39, 0.29) is 0 Å². The molecule has 8 heteroatoms. The minimum Gasteiger partial charge on any atom is -0.444 e. The molecule has 0 bridgehead atoms. The maximum atomic E-state index is 12.6. The Kier molecular flexibility index (Phi) is 11.0. The summed E-state index contributed by atoms with van der Waals surface area (Å²) in [4.78, 5) is 29.8. The smallest absolute Gasteiger partial charge is 0.412 e. The molecular weight excluding hydrogens is 617 g/mol. The molecule has 0 saturated heterocycles. The van der Waals surface area contributed by atoms with Gasteiger partial charge in [0.25, 0.3) is 0 Å². The van der Waals surface area contributed by atoms with Crippen molar-refractivity contribution in [2.24, 2.45) is 4.99 Å². The lowest BCUT2D eigenvalue weighted by molar-refractivity contribution is 0.0624. The molecule has 2 N–H and O–H groups in total. The molecule has 0 radical (unpaired) electrons. The normalized spacial score (nSPS) is 13.9. The number of amides is 2. The molecule has 0 aliphatic heterocycles. The predicted molar refractivity (Wildman–Crippen MR) is 173 cm³/mol. The van der Waals surface area contributed by atoms with E-state index in [1.54, 1.807) is 0 Å². The van der Waals surface area contributed by atoms with Crippen LogP contribution in [0.1, 0.15) is 66.4 Å². The number of halogens is 1. The number of hydrogen-bond donors (Lipinski definition) is 2.